The Hall–Kier alpha value is -2.39. The monoisotopic (exact) mass is 487 g/mol. The molecule has 0 radical (unpaired) electrons. The van der Waals surface area contributed by atoms with Crippen molar-refractivity contribution in [2.45, 2.75) is 43.5 Å². The average Bonchev–Trinajstić information content (AvgIpc) is 3.42. The van der Waals surface area contributed by atoms with E-state index in [0.29, 0.717) is 37.4 Å². The summed E-state index contributed by atoms with van der Waals surface area (Å²) in [4.78, 5) is 20.7. The van der Waals surface area contributed by atoms with Gasteiger partial charge in [-0.3, -0.25) is 9.78 Å². The molecule has 34 heavy (non-hydrogen) atoms. The van der Waals surface area contributed by atoms with Crippen molar-refractivity contribution in [3.63, 3.8) is 0 Å². The minimum Gasteiger partial charge on any atom is -0.488 e. The lowest BCUT2D eigenvalue weighted by atomic mass is 9.87. The summed E-state index contributed by atoms with van der Waals surface area (Å²) in [5, 5.41) is 21.1. The van der Waals surface area contributed by atoms with Gasteiger partial charge in [0.25, 0.3) is 5.91 Å². The number of carbonyl (C=O) groups is 1. The number of nitrogens with zero attached hydrogens (tertiary/aromatic N) is 3. The van der Waals surface area contributed by atoms with Crippen LogP contribution in [0.3, 0.4) is 0 Å². The Morgan fingerprint density at radius 2 is 2.12 bits per heavy atom. The van der Waals surface area contributed by atoms with Gasteiger partial charge in [-0.15, -0.1) is 0 Å². The van der Waals surface area contributed by atoms with Gasteiger partial charge in [-0.25, -0.2) is 0 Å². The summed E-state index contributed by atoms with van der Waals surface area (Å²) in [7, 11) is 0. The second-order valence-corrected chi connectivity index (χ2v) is 9.98. The largest absolute Gasteiger partial charge is 0.488 e. The molecule has 3 aliphatic rings. The number of hydrogen-bond acceptors (Lipinski definition) is 7. The molecule has 1 amide bonds. The molecule has 2 fully saturated rings. The van der Waals surface area contributed by atoms with Crippen molar-refractivity contribution in [3.8, 4) is 11.5 Å². The normalized spacial score (nSPS) is 22.4. The molecular weight excluding hydrogens is 458 g/mol. The molecule has 4 heterocycles. The minimum atomic E-state index is -0.702. The summed E-state index contributed by atoms with van der Waals surface area (Å²) in [5.41, 5.74) is 1.38. The van der Waals surface area contributed by atoms with E-state index in [4.69, 9.17) is 21.1 Å². The molecule has 3 aliphatic heterocycles. The van der Waals surface area contributed by atoms with Gasteiger partial charge in [0.05, 0.1) is 17.9 Å². The maximum atomic E-state index is 12.8. The zero-order chi connectivity index (χ0) is 23.7. The van der Waals surface area contributed by atoms with Crippen LogP contribution < -0.4 is 9.47 Å². The van der Waals surface area contributed by atoms with Crippen LogP contribution in [0.5, 0.6) is 11.5 Å². The molecule has 2 aromatic rings. The van der Waals surface area contributed by atoms with E-state index in [0.717, 1.165) is 43.1 Å². The minimum absolute atomic E-state index is 0.0662. The quantitative estimate of drug-likeness (QED) is 0.644. The standard InChI is InChI=1S/C25H30ClN3O5/c26-18-1-2-22-17(11-18)12-25(34-22)5-9-28(10-6-25)14-20(31)16-33-23-13-27-7-3-21(23)24(32)29-8-4-19(30)15-29/h1-3,7,11,13,19-20,30-31H,4-6,8-10,12,14-16H2/t19-,20-/m0/s1. The molecule has 0 bridgehead atoms. The van der Waals surface area contributed by atoms with Gasteiger partial charge in [0.2, 0.25) is 0 Å². The van der Waals surface area contributed by atoms with Crippen LogP contribution in [-0.4, -0.2) is 88.0 Å². The molecule has 9 heteroatoms. The van der Waals surface area contributed by atoms with Crippen molar-refractivity contribution in [1.29, 1.82) is 0 Å². The first-order valence-corrected chi connectivity index (χ1v) is 12.2. The van der Waals surface area contributed by atoms with E-state index in [2.05, 4.69) is 9.88 Å². The number of aliphatic hydroxyl groups excluding tert-OH is 2. The number of carbonyl (C=O) groups excluding carboxylic acids is 1. The third-order valence-corrected chi connectivity index (χ3v) is 7.23. The lowest BCUT2D eigenvalue weighted by Crippen LogP contribution is -2.49. The van der Waals surface area contributed by atoms with E-state index in [1.807, 2.05) is 18.2 Å². The number of likely N-dealkylation sites (tertiary alicyclic amines) is 2. The van der Waals surface area contributed by atoms with Crippen molar-refractivity contribution in [2.75, 3.05) is 39.3 Å². The molecule has 8 nitrogen and oxygen atoms in total. The summed E-state index contributed by atoms with van der Waals surface area (Å²) in [6.45, 7) is 3.04. The number of hydrogen-bond donors (Lipinski definition) is 2. The van der Waals surface area contributed by atoms with Crippen molar-refractivity contribution in [1.82, 2.24) is 14.8 Å². The van der Waals surface area contributed by atoms with Crippen LogP contribution in [0.4, 0.5) is 0 Å². The number of halogens is 1. The topological polar surface area (TPSA) is 95.4 Å². The second-order valence-electron chi connectivity index (χ2n) is 9.54. The van der Waals surface area contributed by atoms with Crippen LogP contribution in [-0.2, 0) is 6.42 Å². The van der Waals surface area contributed by atoms with Gasteiger partial charge in [0, 0.05) is 63.2 Å². The van der Waals surface area contributed by atoms with Crippen LogP contribution in [0.25, 0.3) is 0 Å². The first-order valence-electron chi connectivity index (χ1n) is 11.8. The summed E-state index contributed by atoms with van der Waals surface area (Å²) >= 11 is 6.13. The van der Waals surface area contributed by atoms with Crippen molar-refractivity contribution >= 4 is 17.5 Å². The van der Waals surface area contributed by atoms with Crippen molar-refractivity contribution < 1.29 is 24.5 Å². The average molecular weight is 488 g/mol. The van der Waals surface area contributed by atoms with Gasteiger partial charge in [-0.2, -0.15) is 0 Å². The first-order chi connectivity index (χ1) is 16.4. The number of rotatable bonds is 6. The molecule has 0 unspecified atom stereocenters. The van der Waals surface area contributed by atoms with Crippen molar-refractivity contribution in [3.05, 3.63) is 52.8 Å². The fourth-order valence-electron chi connectivity index (χ4n) is 5.13. The molecule has 2 N–H and O–H groups in total. The molecule has 1 aromatic heterocycles. The lowest BCUT2D eigenvalue weighted by molar-refractivity contribution is -0.00204. The number of pyridine rings is 1. The van der Waals surface area contributed by atoms with E-state index in [1.165, 1.54) is 11.8 Å². The molecule has 2 atom stereocenters. The lowest BCUT2D eigenvalue weighted by Gasteiger charge is -2.39. The Balaban J connectivity index is 1.11. The van der Waals surface area contributed by atoms with Crippen LogP contribution in [0.1, 0.15) is 35.2 Å². The summed E-state index contributed by atoms with van der Waals surface area (Å²) in [6.07, 6.45) is 5.07. The zero-order valence-electron chi connectivity index (χ0n) is 19.0. The number of aliphatic hydroxyl groups is 2. The van der Waals surface area contributed by atoms with Crippen LogP contribution in [0.15, 0.2) is 36.7 Å². The summed E-state index contributed by atoms with van der Waals surface area (Å²) in [6, 6.07) is 7.41. The third kappa shape index (κ3) is 5.00. The Morgan fingerprint density at radius 1 is 1.29 bits per heavy atom. The number of ether oxygens (including phenoxy) is 2. The van der Waals surface area contributed by atoms with Gasteiger partial charge in [0.1, 0.15) is 29.8 Å². The number of β-amino-alcohol motifs (C(OH)–C–C–N with tert-alkyl or cyclic N) is 2. The van der Waals surface area contributed by atoms with E-state index in [-0.39, 0.29) is 18.1 Å². The summed E-state index contributed by atoms with van der Waals surface area (Å²) in [5.74, 6) is 1.08. The molecule has 0 aliphatic carbocycles. The molecule has 0 saturated carbocycles. The molecular formula is C25H30ClN3O5. The highest BCUT2D eigenvalue weighted by Crippen LogP contribution is 2.41. The SMILES string of the molecule is O=C(c1ccncc1OC[C@@H](O)CN1CCC2(CC1)Cc1cc(Cl)ccc1O2)N1CC[C@H](O)C1. The Morgan fingerprint density at radius 3 is 2.88 bits per heavy atom. The fourth-order valence-corrected chi connectivity index (χ4v) is 5.32. The van der Waals surface area contributed by atoms with Gasteiger partial charge in [-0.1, -0.05) is 11.6 Å². The van der Waals surface area contributed by atoms with Gasteiger partial charge >= 0.3 is 0 Å². The number of benzene rings is 1. The fraction of sp³-hybridized carbons (Fsp3) is 0.520. The Kier molecular flexibility index (Phi) is 6.66. The highest BCUT2D eigenvalue weighted by atomic mass is 35.5. The molecule has 5 rings (SSSR count). The highest BCUT2D eigenvalue weighted by Gasteiger charge is 2.42. The first kappa shape index (κ1) is 23.4. The smallest absolute Gasteiger partial charge is 0.257 e. The number of amides is 1. The Bertz CT molecular complexity index is 1040. The second kappa shape index (κ2) is 9.70. The van der Waals surface area contributed by atoms with Gasteiger partial charge < -0.3 is 29.5 Å². The molecule has 2 saturated heterocycles. The maximum absolute atomic E-state index is 12.8. The van der Waals surface area contributed by atoms with Gasteiger partial charge in [0.15, 0.2) is 0 Å². The predicted molar refractivity (Wildman–Crippen MR) is 126 cm³/mol. The van der Waals surface area contributed by atoms with E-state index in [1.54, 1.807) is 17.2 Å². The van der Waals surface area contributed by atoms with Crippen LogP contribution >= 0.6 is 11.6 Å². The van der Waals surface area contributed by atoms with E-state index < -0.39 is 12.2 Å². The van der Waals surface area contributed by atoms with E-state index >= 15 is 0 Å². The number of fused-ring (bicyclic) bond motifs is 1. The zero-order valence-corrected chi connectivity index (χ0v) is 19.8. The van der Waals surface area contributed by atoms with Crippen LogP contribution in [0, 0.1) is 0 Å². The highest BCUT2D eigenvalue weighted by molar-refractivity contribution is 6.30. The number of aromatic nitrogens is 1. The maximum Gasteiger partial charge on any atom is 0.257 e. The summed E-state index contributed by atoms with van der Waals surface area (Å²) < 4.78 is 12.1. The predicted octanol–water partition coefficient (Wildman–Crippen LogP) is 2.15. The van der Waals surface area contributed by atoms with E-state index in [9.17, 15) is 15.0 Å². The van der Waals surface area contributed by atoms with Gasteiger partial charge in [-0.05, 0) is 36.2 Å². The number of piperidine rings is 1. The molecule has 1 spiro atoms. The van der Waals surface area contributed by atoms with Crippen LogP contribution in [0.2, 0.25) is 5.02 Å². The molecule has 1 aromatic carbocycles. The Labute approximate surface area is 204 Å². The third-order valence-electron chi connectivity index (χ3n) is 6.99. The molecule has 182 valence electrons. The van der Waals surface area contributed by atoms with Crippen molar-refractivity contribution in [2.24, 2.45) is 0 Å².